The van der Waals surface area contributed by atoms with Gasteiger partial charge in [-0.15, -0.1) is 0 Å². The Kier molecular flexibility index (Phi) is 5.37. The van der Waals surface area contributed by atoms with Gasteiger partial charge in [0.2, 0.25) is 0 Å². The summed E-state index contributed by atoms with van der Waals surface area (Å²) < 4.78 is 0. The summed E-state index contributed by atoms with van der Waals surface area (Å²) in [6, 6.07) is 5.83. The van der Waals surface area contributed by atoms with Gasteiger partial charge in [0.25, 0.3) is 5.91 Å². The average Bonchev–Trinajstić information content (AvgIpc) is 2.97. The third-order valence-electron chi connectivity index (χ3n) is 3.22. The number of nitrogens with one attached hydrogen (secondary N) is 3. The van der Waals surface area contributed by atoms with Crippen molar-refractivity contribution < 1.29 is 4.79 Å². The van der Waals surface area contributed by atoms with Crippen molar-refractivity contribution >= 4 is 11.6 Å². The van der Waals surface area contributed by atoms with Crippen LogP contribution in [0.5, 0.6) is 0 Å². The van der Waals surface area contributed by atoms with Crippen molar-refractivity contribution in [2.24, 2.45) is 0 Å². The molecular weight excluding hydrogens is 264 g/mol. The highest BCUT2D eigenvalue weighted by Gasteiger charge is 2.10. The molecule has 0 spiro atoms. The lowest BCUT2D eigenvalue weighted by atomic mass is 10.1. The number of H-pyrrole nitrogens is 1. The fraction of sp³-hybridized carbons (Fsp3) is 0.375. The molecule has 0 bridgehead atoms. The smallest absolute Gasteiger partial charge is 0.253 e. The van der Waals surface area contributed by atoms with E-state index in [2.05, 4.69) is 20.6 Å². The molecule has 1 aromatic heterocycles. The molecular formula is C16H22N4O. The minimum absolute atomic E-state index is 0.0367. The lowest BCUT2D eigenvalue weighted by Crippen LogP contribution is -2.26. The van der Waals surface area contributed by atoms with E-state index in [9.17, 15) is 4.79 Å². The van der Waals surface area contributed by atoms with Crippen LogP contribution in [0.1, 0.15) is 35.1 Å². The monoisotopic (exact) mass is 286 g/mol. The zero-order valence-electron chi connectivity index (χ0n) is 12.6. The van der Waals surface area contributed by atoms with Crippen molar-refractivity contribution in [1.29, 1.82) is 0 Å². The van der Waals surface area contributed by atoms with Crippen LogP contribution in [0.2, 0.25) is 0 Å². The maximum absolute atomic E-state index is 12.2. The second-order valence-corrected chi connectivity index (χ2v) is 4.97. The number of imidazole rings is 1. The van der Waals surface area contributed by atoms with Crippen molar-refractivity contribution in [3.05, 3.63) is 47.5 Å². The highest BCUT2D eigenvalue weighted by Crippen LogP contribution is 2.17. The fourth-order valence-corrected chi connectivity index (χ4v) is 2.18. The molecule has 0 aliphatic rings. The molecule has 0 saturated carbocycles. The summed E-state index contributed by atoms with van der Waals surface area (Å²) in [4.78, 5) is 19.5. The van der Waals surface area contributed by atoms with Crippen LogP contribution in [-0.4, -0.2) is 29.0 Å². The van der Waals surface area contributed by atoms with Crippen molar-refractivity contribution in [3.8, 4) is 0 Å². The van der Waals surface area contributed by atoms with Gasteiger partial charge in [-0.3, -0.25) is 4.79 Å². The Labute approximate surface area is 125 Å². The van der Waals surface area contributed by atoms with Gasteiger partial charge >= 0.3 is 0 Å². The van der Waals surface area contributed by atoms with Crippen molar-refractivity contribution in [2.75, 3.05) is 18.4 Å². The Bertz CT molecular complexity index is 578. The van der Waals surface area contributed by atoms with E-state index in [-0.39, 0.29) is 5.91 Å². The number of rotatable bonds is 7. The summed E-state index contributed by atoms with van der Waals surface area (Å²) in [6.45, 7) is 5.47. The number of aromatic nitrogens is 2. The molecule has 3 N–H and O–H groups in total. The normalized spacial score (nSPS) is 10.4. The van der Waals surface area contributed by atoms with Crippen LogP contribution in [0.15, 0.2) is 30.6 Å². The maximum atomic E-state index is 12.2. The predicted octanol–water partition coefficient (Wildman–Crippen LogP) is 2.51. The Hall–Kier alpha value is -2.30. The molecule has 21 heavy (non-hydrogen) atoms. The summed E-state index contributed by atoms with van der Waals surface area (Å²) in [5.74, 6) is 0.915. The first kappa shape index (κ1) is 15.1. The van der Waals surface area contributed by atoms with Crippen molar-refractivity contribution in [2.45, 2.75) is 26.7 Å². The van der Waals surface area contributed by atoms with Crippen molar-refractivity contribution in [3.63, 3.8) is 0 Å². The lowest BCUT2D eigenvalue weighted by molar-refractivity contribution is 0.0954. The van der Waals surface area contributed by atoms with Gasteiger partial charge < -0.3 is 15.6 Å². The van der Waals surface area contributed by atoms with Gasteiger partial charge in [-0.1, -0.05) is 6.07 Å². The van der Waals surface area contributed by atoms with E-state index >= 15 is 0 Å². The largest absolute Gasteiger partial charge is 0.385 e. The summed E-state index contributed by atoms with van der Waals surface area (Å²) in [7, 11) is 0. The number of hydrogen-bond donors (Lipinski definition) is 3. The number of carbonyl (C=O) groups excluding carboxylic acids is 1. The zero-order chi connectivity index (χ0) is 15.1. The van der Waals surface area contributed by atoms with E-state index < -0.39 is 0 Å². The van der Waals surface area contributed by atoms with Gasteiger partial charge in [-0.25, -0.2) is 4.98 Å². The van der Waals surface area contributed by atoms with E-state index in [4.69, 9.17) is 0 Å². The van der Waals surface area contributed by atoms with Crippen LogP contribution in [0.3, 0.4) is 0 Å². The Balaban J connectivity index is 1.87. The van der Waals surface area contributed by atoms with E-state index in [0.29, 0.717) is 12.1 Å². The van der Waals surface area contributed by atoms with Gasteiger partial charge in [-0.2, -0.15) is 0 Å². The van der Waals surface area contributed by atoms with Gasteiger partial charge in [0.05, 0.1) is 5.56 Å². The molecule has 0 unspecified atom stereocenters. The summed E-state index contributed by atoms with van der Waals surface area (Å²) in [6.07, 6.45) is 5.24. The minimum atomic E-state index is -0.0367. The van der Waals surface area contributed by atoms with E-state index in [1.807, 2.05) is 38.2 Å². The third-order valence-corrected chi connectivity index (χ3v) is 3.22. The number of nitrogens with zero attached hydrogens (tertiary/aromatic N) is 1. The van der Waals surface area contributed by atoms with Crippen LogP contribution in [0.4, 0.5) is 5.69 Å². The van der Waals surface area contributed by atoms with Crippen LogP contribution < -0.4 is 10.6 Å². The second-order valence-electron chi connectivity index (χ2n) is 4.97. The first-order valence-electron chi connectivity index (χ1n) is 7.31. The summed E-state index contributed by atoms with van der Waals surface area (Å²) in [5.41, 5.74) is 2.72. The standard InChI is InChI=1S/C16H22N4O/c1-3-17-14-11-12(2)6-7-13(14)16(21)20-8-4-5-15-18-9-10-19-15/h6-7,9-11,17H,3-5,8H2,1-2H3,(H,18,19)(H,20,21). The number of amides is 1. The highest BCUT2D eigenvalue weighted by atomic mass is 16.1. The zero-order valence-corrected chi connectivity index (χ0v) is 12.6. The summed E-state index contributed by atoms with van der Waals surface area (Å²) in [5, 5.41) is 6.19. The summed E-state index contributed by atoms with van der Waals surface area (Å²) >= 11 is 0. The van der Waals surface area contributed by atoms with Gasteiger partial charge in [0.15, 0.2) is 0 Å². The number of hydrogen-bond acceptors (Lipinski definition) is 3. The number of aromatic amines is 1. The first-order valence-corrected chi connectivity index (χ1v) is 7.31. The molecule has 5 nitrogen and oxygen atoms in total. The Morgan fingerprint density at radius 3 is 2.95 bits per heavy atom. The van der Waals surface area contributed by atoms with E-state index in [0.717, 1.165) is 36.5 Å². The Morgan fingerprint density at radius 2 is 2.24 bits per heavy atom. The maximum Gasteiger partial charge on any atom is 0.253 e. The van der Waals surface area contributed by atoms with E-state index in [1.165, 1.54) is 0 Å². The van der Waals surface area contributed by atoms with Gasteiger partial charge in [-0.05, 0) is 38.0 Å². The lowest BCUT2D eigenvalue weighted by Gasteiger charge is -2.12. The number of aryl methyl sites for hydroxylation is 2. The van der Waals surface area contributed by atoms with Crippen LogP contribution in [-0.2, 0) is 6.42 Å². The molecule has 1 heterocycles. The van der Waals surface area contributed by atoms with Crippen LogP contribution in [0, 0.1) is 6.92 Å². The van der Waals surface area contributed by atoms with E-state index in [1.54, 1.807) is 6.20 Å². The topological polar surface area (TPSA) is 69.8 Å². The molecule has 5 heteroatoms. The quantitative estimate of drug-likeness (QED) is 0.685. The molecule has 0 saturated heterocycles. The molecule has 0 aliphatic carbocycles. The highest BCUT2D eigenvalue weighted by molar-refractivity contribution is 5.99. The van der Waals surface area contributed by atoms with Crippen LogP contribution in [0.25, 0.3) is 0 Å². The average molecular weight is 286 g/mol. The minimum Gasteiger partial charge on any atom is -0.385 e. The SMILES string of the molecule is CCNc1cc(C)ccc1C(=O)NCCCc1ncc[nH]1. The fourth-order valence-electron chi connectivity index (χ4n) is 2.18. The molecule has 0 fully saturated rings. The second kappa shape index (κ2) is 7.47. The van der Waals surface area contributed by atoms with Gasteiger partial charge in [0.1, 0.15) is 5.82 Å². The number of anilines is 1. The first-order chi connectivity index (χ1) is 10.2. The molecule has 1 aromatic carbocycles. The van der Waals surface area contributed by atoms with Crippen molar-refractivity contribution in [1.82, 2.24) is 15.3 Å². The number of benzene rings is 1. The molecule has 112 valence electrons. The molecule has 0 radical (unpaired) electrons. The molecule has 2 rings (SSSR count). The third kappa shape index (κ3) is 4.34. The van der Waals surface area contributed by atoms with Gasteiger partial charge in [0, 0.05) is 37.6 Å². The molecule has 0 aliphatic heterocycles. The molecule has 1 amide bonds. The Morgan fingerprint density at radius 1 is 1.38 bits per heavy atom. The molecule has 0 atom stereocenters. The van der Waals surface area contributed by atoms with Crippen LogP contribution >= 0.6 is 0 Å². The number of carbonyl (C=O) groups is 1. The molecule has 2 aromatic rings. The predicted molar refractivity (Wildman–Crippen MR) is 84.6 cm³/mol.